The minimum Gasteiger partial charge on any atom is -0.247 e. The summed E-state index contributed by atoms with van der Waals surface area (Å²) >= 11 is 0. The Morgan fingerprint density at radius 1 is 0.846 bits per heavy atom. The van der Waals surface area contributed by atoms with E-state index in [1.165, 1.54) is 19.3 Å². The number of hydrogen-bond donors (Lipinski definition) is 0. The highest BCUT2D eigenvalue weighted by molar-refractivity contribution is 4.60. The second kappa shape index (κ2) is 7.34. The van der Waals surface area contributed by atoms with Gasteiger partial charge in [-0.15, -0.1) is 0 Å². The van der Waals surface area contributed by atoms with E-state index >= 15 is 0 Å². The van der Waals surface area contributed by atoms with E-state index in [4.69, 9.17) is 0 Å². The molecule has 0 spiro atoms. The van der Waals surface area contributed by atoms with Gasteiger partial charge in [-0.2, -0.15) is 0 Å². The molecule has 0 nitrogen and oxygen atoms in total. The Labute approximate surface area is 82.9 Å². The van der Waals surface area contributed by atoms with Crippen molar-refractivity contribution in [1.29, 1.82) is 0 Å². The molecule has 80 valence electrons. The van der Waals surface area contributed by atoms with Gasteiger partial charge < -0.3 is 0 Å². The third-order valence-electron chi connectivity index (χ3n) is 2.48. The van der Waals surface area contributed by atoms with Crippen molar-refractivity contribution in [2.24, 2.45) is 11.8 Å². The van der Waals surface area contributed by atoms with Crippen LogP contribution < -0.4 is 0 Å². The maximum Gasteiger partial charge on any atom is 0.102 e. The SMILES string of the molecule is CC(C)CCCCC[C@@H](F)C(C)C. The molecule has 0 saturated heterocycles. The summed E-state index contributed by atoms with van der Waals surface area (Å²) in [7, 11) is 0. The number of halogens is 1. The Kier molecular flexibility index (Phi) is 7.31. The molecular weight excluding hydrogens is 163 g/mol. The number of unbranched alkanes of at least 4 members (excludes halogenated alkanes) is 2. The van der Waals surface area contributed by atoms with Crippen molar-refractivity contribution < 1.29 is 4.39 Å². The molecule has 0 N–H and O–H groups in total. The molecule has 0 aliphatic rings. The lowest BCUT2D eigenvalue weighted by Gasteiger charge is -2.11. The lowest BCUT2D eigenvalue weighted by atomic mass is 10.00. The standard InChI is InChI=1S/C12H25F/c1-10(2)8-6-5-7-9-12(13)11(3)4/h10-12H,5-9H2,1-4H3/t12-/m1/s1. The van der Waals surface area contributed by atoms with Crippen LogP contribution in [0.2, 0.25) is 0 Å². The molecule has 1 atom stereocenters. The molecule has 13 heavy (non-hydrogen) atoms. The van der Waals surface area contributed by atoms with Gasteiger partial charge in [0.05, 0.1) is 0 Å². The maximum absolute atomic E-state index is 13.1. The average molecular weight is 188 g/mol. The van der Waals surface area contributed by atoms with Gasteiger partial charge in [-0.05, 0) is 18.3 Å². The summed E-state index contributed by atoms with van der Waals surface area (Å²) in [5.41, 5.74) is 0. The third kappa shape index (κ3) is 8.27. The third-order valence-corrected chi connectivity index (χ3v) is 2.48. The van der Waals surface area contributed by atoms with Crippen LogP contribution in [0.25, 0.3) is 0 Å². The van der Waals surface area contributed by atoms with Gasteiger partial charge in [0.2, 0.25) is 0 Å². The molecule has 0 aliphatic carbocycles. The zero-order valence-corrected chi connectivity index (χ0v) is 9.65. The summed E-state index contributed by atoms with van der Waals surface area (Å²) in [4.78, 5) is 0. The zero-order chi connectivity index (χ0) is 10.3. The predicted molar refractivity (Wildman–Crippen MR) is 57.7 cm³/mol. The van der Waals surface area contributed by atoms with Gasteiger partial charge in [0.1, 0.15) is 6.17 Å². The summed E-state index contributed by atoms with van der Waals surface area (Å²) in [6.45, 7) is 8.40. The van der Waals surface area contributed by atoms with Crippen molar-refractivity contribution in [2.45, 2.75) is 66.0 Å². The smallest absolute Gasteiger partial charge is 0.102 e. The highest BCUT2D eigenvalue weighted by Gasteiger charge is 2.10. The molecule has 0 fully saturated rings. The van der Waals surface area contributed by atoms with E-state index in [0.717, 1.165) is 18.8 Å². The van der Waals surface area contributed by atoms with Crippen LogP contribution in [0.4, 0.5) is 4.39 Å². The fourth-order valence-corrected chi connectivity index (χ4v) is 1.40. The number of alkyl halides is 1. The van der Waals surface area contributed by atoms with Crippen LogP contribution >= 0.6 is 0 Å². The first-order valence-electron chi connectivity index (χ1n) is 5.68. The minimum absolute atomic E-state index is 0.199. The first kappa shape index (κ1) is 12.9. The van der Waals surface area contributed by atoms with E-state index in [1.807, 2.05) is 13.8 Å². The fraction of sp³-hybridized carbons (Fsp3) is 1.00. The van der Waals surface area contributed by atoms with Gasteiger partial charge in [0, 0.05) is 0 Å². The quantitative estimate of drug-likeness (QED) is 0.513. The van der Waals surface area contributed by atoms with Crippen LogP contribution in [0.3, 0.4) is 0 Å². The van der Waals surface area contributed by atoms with E-state index < -0.39 is 6.17 Å². The Morgan fingerprint density at radius 3 is 1.85 bits per heavy atom. The minimum atomic E-state index is -0.584. The molecule has 0 heterocycles. The lowest BCUT2D eigenvalue weighted by Crippen LogP contribution is -2.08. The van der Waals surface area contributed by atoms with Crippen LogP contribution in [0.15, 0.2) is 0 Å². The molecule has 0 aliphatic heterocycles. The summed E-state index contributed by atoms with van der Waals surface area (Å²) in [5.74, 6) is 0.997. The Bertz CT molecular complexity index is 108. The highest BCUT2D eigenvalue weighted by Crippen LogP contribution is 2.16. The van der Waals surface area contributed by atoms with Crippen LogP contribution in [0.5, 0.6) is 0 Å². The van der Waals surface area contributed by atoms with Crippen molar-refractivity contribution in [3.05, 3.63) is 0 Å². The van der Waals surface area contributed by atoms with Crippen LogP contribution in [-0.2, 0) is 0 Å². The van der Waals surface area contributed by atoms with E-state index in [9.17, 15) is 4.39 Å². The summed E-state index contributed by atoms with van der Waals surface area (Å²) in [6, 6.07) is 0. The van der Waals surface area contributed by atoms with Crippen molar-refractivity contribution in [3.63, 3.8) is 0 Å². The van der Waals surface area contributed by atoms with E-state index in [2.05, 4.69) is 13.8 Å². The van der Waals surface area contributed by atoms with Crippen molar-refractivity contribution in [3.8, 4) is 0 Å². The van der Waals surface area contributed by atoms with Gasteiger partial charge >= 0.3 is 0 Å². The summed E-state index contributed by atoms with van der Waals surface area (Å²) in [6.07, 6.45) is 4.99. The summed E-state index contributed by atoms with van der Waals surface area (Å²) < 4.78 is 13.1. The lowest BCUT2D eigenvalue weighted by molar-refractivity contribution is 0.233. The monoisotopic (exact) mass is 188 g/mol. The molecule has 0 aromatic heterocycles. The first-order valence-corrected chi connectivity index (χ1v) is 5.68. The Morgan fingerprint density at radius 2 is 1.38 bits per heavy atom. The van der Waals surface area contributed by atoms with E-state index in [-0.39, 0.29) is 5.92 Å². The summed E-state index contributed by atoms with van der Waals surface area (Å²) in [5, 5.41) is 0. The molecule has 0 amide bonds. The molecule has 0 unspecified atom stereocenters. The zero-order valence-electron chi connectivity index (χ0n) is 9.65. The Balaban J connectivity index is 3.16. The molecule has 0 saturated carbocycles. The van der Waals surface area contributed by atoms with Crippen LogP contribution in [-0.4, -0.2) is 6.17 Å². The average Bonchev–Trinajstić information content (AvgIpc) is 2.02. The second-order valence-corrected chi connectivity index (χ2v) is 4.79. The van der Waals surface area contributed by atoms with Crippen molar-refractivity contribution in [2.75, 3.05) is 0 Å². The van der Waals surface area contributed by atoms with E-state index in [0.29, 0.717) is 0 Å². The molecule has 0 aromatic rings. The molecule has 0 aromatic carbocycles. The van der Waals surface area contributed by atoms with Gasteiger partial charge in [0.25, 0.3) is 0 Å². The van der Waals surface area contributed by atoms with Crippen molar-refractivity contribution in [1.82, 2.24) is 0 Å². The molecule has 0 radical (unpaired) electrons. The first-order chi connectivity index (χ1) is 6.04. The van der Waals surface area contributed by atoms with Gasteiger partial charge in [-0.3, -0.25) is 0 Å². The topological polar surface area (TPSA) is 0 Å². The molecular formula is C12H25F. The molecule has 1 heteroatoms. The fourth-order valence-electron chi connectivity index (χ4n) is 1.40. The maximum atomic E-state index is 13.1. The van der Waals surface area contributed by atoms with Crippen LogP contribution in [0, 0.1) is 11.8 Å². The highest BCUT2D eigenvalue weighted by atomic mass is 19.1. The van der Waals surface area contributed by atoms with Crippen LogP contribution in [0.1, 0.15) is 59.8 Å². The number of hydrogen-bond acceptors (Lipinski definition) is 0. The van der Waals surface area contributed by atoms with Gasteiger partial charge in [0.15, 0.2) is 0 Å². The van der Waals surface area contributed by atoms with Gasteiger partial charge in [-0.25, -0.2) is 4.39 Å². The molecule has 0 rings (SSSR count). The number of rotatable bonds is 7. The second-order valence-electron chi connectivity index (χ2n) is 4.79. The van der Waals surface area contributed by atoms with Crippen molar-refractivity contribution >= 4 is 0 Å². The Hall–Kier alpha value is -0.0700. The normalized spacial score (nSPS) is 14.1. The molecule has 0 bridgehead atoms. The van der Waals surface area contributed by atoms with Gasteiger partial charge in [-0.1, -0.05) is 53.4 Å². The predicted octanol–water partition coefficient (Wildman–Crippen LogP) is 4.59. The van der Waals surface area contributed by atoms with E-state index in [1.54, 1.807) is 0 Å². The largest absolute Gasteiger partial charge is 0.247 e.